The maximum absolute atomic E-state index is 11.7. The van der Waals surface area contributed by atoms with Crippen LogP contribution in [-0.4, -0.2) is 46.8 Å². The molecule has 0 radical (unpaired) electrons. The van der Waals surface area contributed by atoms with Gasteiger partial charge in [0.25, 0.3) is 0 Å². The molecule has 8 heteroatoms. The van der Waals surface area contributed by atoms with Gasteiger partial charge in [-0.3, -0.25) is 10.6 Å². The predicted octanol–water partition coefficient (Wildman–Crippen LogP) is 2.32. The summed E-state index contributed by atoms with van der Waals surface area (Å²) in [5.41, 5.74) is 0.804. The standard InChI is InChI=1S/C16H24N2O6/c1-9(19)11(3)23-15(21)17-13-6-5-7-14(8-13)18-16(22)24-12(4)10(2)20/h5-12,19-20H,1-4H3,(H,17,21)(H,18,22). The Morgan fingerprint density at radius 3 is 1.58 bits per heavy atom. The van der Waals surface area contributed by atoms with Crippen molar-refractivity contribution >= 4 is 23.6 Å². The molecule has 4 unspecified atom stereocenters. The van der Waals surface area contributed by atoms with Crippen LogP contribution in [0, 0.1) is 0 Å². The zero-order chi connectivity index (χ0) is 18.3. The lowest BCUT2D eigenvalue weighted by Crippen LogP contribution is -2.28. The summed E-state index contributed by atoms with van der Waals surface area (Å²) in [4.78, 5) is 23.4. The molecule has 8 nitrogen and oxygen atoms in total. The molecule has 0 fully saturated rings. The minimum atomic E-state index is -0.783. The monoisotopic (exact) mass is 340 g/mol. The van der Waals surface area contributed by atoms with Crippen LogP contribution < -0.4 is 10.6 Å². The van der Waals surface area contributed by atoms with Crippen LogP contribution in [0.1, 0.15) is 27.7 Å². The molecule has 0 aromatic heterocycles. The van der Waals surface area contributed by atoms with Gasteiger partial charge < -0.3 is 19.7 Å². The third kappa shape index (κ3) is 6.84. The molecule has 0 aliphatic heterocycles. The molecule has 4 N–H and O–H groups in total. The Labute approximate surface area is 140 Å². The molecule has 0 heterocycles. The molecule has 0 saturated heterocycles. The van der Waals surface area contributed by atoms with E-state index in [-0.39, 0.29) is 0 Å². The topological polar surface area (TPSA) is 117 Å². The number of carbonyl (C=O) groups is 2. The molecule has 0 saturated carbocycles. The van der Waals surface area contributed by atoms with Gasteiger partial charge in [-0.15, -0.1) is 0 Å². The first-order chi connectivity index (χ1) is 11.2. The largest absolute Gasteiger partial charge is 0.444 e. The summed E-state index contributed by atoms with van der Waals surface area (Å²) in [5, 5.41) is 23.6. The highest BCUT2D eigenvalue weighted by molar-refractivity contribution is 5.88. The molecule has 1 aromatic carbocycles. The van der Waals surface area contributed by atoms with Crippen molar-refractivity contribution in [3.05, 3.63) is 24.3 Å². The number of ether oxygens (including phenoxy) is 2. The van der Waals surface area contributed by atoms with E-state index in [2.05, 4.69) is 10.6 Å². The Hall–Kier alpha value is -2.32. The number of hydrogen-bond donors (Lipinski definition) is 4. The van der Waals surface area contributed by atoms with E-state index >= 15 is 0 Å². The van der Waals surface area contributed by atoms with Crippen LogP contribution in [0.2, 0.25) is 0 Å². The number of carbonyl (C=O) groups excluding carboxylic acids is 2. The van der Waals surface area contributed by atoms with Gasteiger partial charge in [0.2, 0.25) is 0 Å². The minimum absolute atomic E-state index is 0.402. The number of benzene rings is 1. The van der Waals surface area contributed by atoms with Gasteiger partial charge in [0.1, 0.15) is 12.2 Å². The van der Waals surface area contributed by atoms with Gasteiger partial charge in [0, 0.05) is 11.4 Å². The van der Waals surface area contributed by atoms with E-state index in [0.29, 0.717) is 11.4 Å². The molecule has 0 aliphatic rings. The fourth-order valence-corrected chi connectivity index (χ4v) is 1.50. The van der Waals surface area contributed by atoms with Crippen LogP contribution in [0.25, 0.3) is 0 Å². The van der Waals surface area contributed by atoms with Crippen LogP contribution in [0.4, 0.5) is 21.0 Å². The summed E-state index contributed by atoms with van der Waals surface area (Å²) in [6.45, 7) is 6.17. The summed E-state index contributed by atoms with van der Waals surface area (Å²) in [7, 11) is 0. The lowest BCUT2D eigenvalue weighted by atomic mass is 10.2. The van der Waals surface area contributed by atoms with Crippen molar-refractivity contribution in [1.82, 2.24) is 0 Å². The number of hydrogen-bond acceptors (Lipinski definition) is 6. The van der Waals surface area contributed by atoms with Crippen LogP contribution in [0.5, 0.6) is 0 Å². The summed E-state index contributed by atoms with van der Waals surface area (Å²) in [6.07, 6.45) is -4.30. The van der Waals surface area contributed by atoms with Gasteiger partial charge in [0.15, 0.2) is 0 Å². The van der Waals surface area contributed by atoms with Crippen molar-refractivity contribution in [2.45, 2.75) is 52.1 Å². The molecule has 0 spiro atoms. The summed E-state index contributed by atoms with van der Waals surface area (Å²) < 4.78 is 9.95. The minimum Gasteiger partial charge on any atom is -0.444 e. The van der Waals surface area contributed by atoms with Crippen LogP contribution in [0.15, 0.2) is 24.3 Å². The smallest absolute Gasteiger partial charge is 0.411 e. The quantitative estimate of drug-likeness (QED) is 0.631. The van der Waals surface area contributed by atoms with E-state index in [1.54, 1.807) is 32.0 Å². The molecule has 4 atom stereocenters. The molecule has 0 bridgehead atoms. The second-order valence-electron chi connectivity index (χ2n) is 5.53. The Morgan fingerprint density at radius 1 is 0.875 bits per heavy atom. The highest BCUT2D eigenvalue weighted by Crippen LogP contribution is 2.16. The fraction of sp³-hybridized carbons (Fsp3) is 0.500. The first kappa shape index (κ1) is 19.7. The molecule has 24 heavy (non-hydrogen) atoms. The molecule has 134 valence electrons. The second kappa shape index (κ2) is 9.09. The van der Waals surface area contributed by atoms with Crippen molar-refractivity contribution in [2.75, 3.05) is 10.6 Å². The Kier molecular flexibility index (Phi) is 7.47. The predicted molar refractivity (Wildman–Crippen MR) is 88.9 cm³/mol. The van der Waals surface area contributed by atoms with E-state index in [1.807, 2.05) is 0 Å². The number of anilines is 2. The van der Waals surface area contributed by atoms with E-state index in [9.17, 15) is 19.8 Å². The zero-order valence-electron chi connectivity index (χ0n) is 14.1. The number of aliphatic hydroxyl groups excluding tert-OH is 2. The second-order valence-corrected chi connectivity index (χ2v) is 5.53. The number of amides is 2. The molecular formula is C16H24N2O6. The van der Waals surface area contributed by atoms with Gasteiger partial charge in [-0.2, -0.15) is 0 Å². The van der Waals surface area contributed by atoms with E-state index in [4.69, 9.17) is 9.47 Å². The Balaban J connectivity index is 2.60. The molecule has 0 aliphatic carbocycles. The average Bonchev–Trinajstić information content (AvgIpc) is 2.46. The Morgan fingerprint density at radius 2 is 1.25 bits per heavy atom. The van der Waals surface area contributed by atoms with Crippen LogP contribution in [-0.2, 0) is 9.47 Å². The van der Waals surface area contributed by atoms with Gasteiger partial charge in [-0.25, -0.2) is 9.59 Å². The zero-order valence-corrected chi connectivity index (χ0v) is 14.1. The third-order valence-corrected chi connectivity index (χ3v) is 3.30. The number of rotatable bonds is 6. The fourth-order valence-electron chi connectivity index (χ4n) is 1.50. The molecule has 2 amide bonds. The van der Waals surface area contributed by atoms with E-state index < -0.39 is 36.6 Å². The maximum atomic E-state index is 11.7. The first-order valence-corrected chi connectivity index (χ1v) is 7.60. The average molecular weight is 340 g/mol. The van der Waals surface area contributed by atoms with Gasteiger partial charge >= 0.3 is 12.2 Å². The molecule has 1 rings (SSSR count). The first-order valence-electron chi connectivity index (χ1n) is 7.60. The third-order valence-electron chi connectivity index (χ3n) is 3.30. The van der Waals surface area contributed by atoms with Gasteiger partial charge in [-0.05, 0) is 45.9 Å². The number of nitrogens with one attached hydrogen (secondary N) is 2. The molecule has 1 aromatic rings. The van der Waals surface area contributed by atoms with Crippen molar-refractivity contribution in [3.8, 4) is 0 Å². The van der Waals surface area contributed by atoms with Gasteiger partial charge in [-0.1, -0.05) is 6.07 Å². The number of aliphatic hydroxyl groups is 2. The van der Waals surface area contributed by atoms with Crippen molar-refractivity contribution < 1.29 is 29.3 Å². The summed E-state index contributed by atoms with van der Waals surface area (Å²) in [6, 6.07) is 6.37. The lowest BCUT2D eigenvalue weighted by molar-refractivity contribution is 0.0288. The molecular weight excluding hydrogens is 316 g/mol. The van der Waals surface area contributed by atoms with Crippen molar-refractivity contribution in [2.24, 2.45) is 0 Å². The van der Waals surface area contributed by atoms with Gasteiger partial charge in [0.05, 0.1) is 12.2 Å². The van der Waals surface area contributed by atoms with E-state index in [0.717, 1.165) is 0 Å². The van der Waals surface area contributed by atoms with Crippen molar-refractivity contribution in [1.29, 1.82) is 0 Å². The summed E-state index contributed by atoms with van der Waals surface area (Å²) in [5.74, 6) is 0. The van der Waals surface area contributed by atoms with E-state index in [1.165, 1.54) is 19.9 Å². The van der Waals surface area contributed by atoms with Crippen molar-refractivity contribution in [3.63, 3.8) is 0 Å². The van der Waals surface area contributed by atoms with Crippen LogP contribution >= 0.6 is 0 Å². The summed E-state index contributed by atoms with van der Waals surface area (Å²) >= 11 is 0. The lowest BCUT2D eigenvalue weighted by Gasteiger charge is -2.17. The Bertz CT molecular complexity index is 516. The highest BCUT2D eigenvalue weighted by Gasteiger charge is 2.16. The maximum Gasteiger partial charge on any atom is 0.411 e. The SMILES string of the molecule is CC(O)C(C)OC(=O)Nc1cccc(NC(=O)OC(C)C(C)O)c1. The highest BCUT2D eigenvalue weighted by atomic mass is 16.6. The van der Waals surface area contributed by atoms with Crippen LogP contribution in [0.3, 0.4) is 0 Å². The normalized spacial score (nSPS) is 15.6.